The molecule has 7 nitrogen and oxygen atoms in total. The first-order valence-corrected chi connectivity index (χ1v) is 16.9. The van der Waals surface area contributed by atoms with Crippen LogP contribution in [-0.2, 0) is 14.3 Å². The molecule has 8 unspecified atom stereocenters. The Hall–Kier alpha value is -1.60. The number of fused-ring (bicyclic) bond motifs is 5. The van der Waals surface area contributed by atoms with Gasteiger partial charge in [-0.3, -0.25) is 4.79 Å². The quantitative estimate of drug-likeness (QED) is 0.134. The molecule has 0 radical (unpaired) electrons. The first-order chi connectivity index (χ1) is 19.9. The van der Waals surface area contributed by atoms with Crippen molar-refractivity contribution < 1.29 is 29.3 Å². The second-order valence-electron chi connectivity index (χ2n) is 15.5. The summed E-state index contributed by atoms with van der Waals surface area (Å²) in [5.41, 5.74) is 0.849. The number of alkyl carbamates (subject to hydrolysis) is 1. The third-order valence-electron chi connectivity index (χ3n) is 12.3. The van der Waals surface area contributed by atoms with Crippen molar-refractivity contribution >= 4 is 12.1 Å². The van der Waals surface area contributed by atoms with E-state index in [-0.39, 0.29) is 24.7 Å². The predicted molar refractivity (Wildman–Crippen MR) is 165 cm³/mol. The molecule has 0 aromatic heterocycles. The van der Waals surface area contributed by atoms with E-state index in [1.165, 1.54) is 63.9 Å². The summed E-state index contributed by atoms with van der Waals surface area (Å²) in [5, 5.41) is 21.3. The maximum atomic E-state index is 12.5. The van der Waals surface area contributed by atoms with Crippen molar-refractivity contribution in [3.05, 3.63) is 11.6 Å². The van der Waals surface area contributed by atoms with E-state index >= 15 is 0 Å². The Kier molecular flexibility index (Phi) is 10.8. The summed E-state index contributed by atoms with van der Waals surface area (Å²) in [4.78, 5) is 24.5. The highest BCUT2D eigenvalue weighted by atomic mass is 16.6. The number of ether oxygens (including phenoxy) is 2. The van der Waals surface area contributed by atoms with Crippen molar-refractivity contribution in [3.8, 4) is 0 Å². The minimum absolute atomic E-state index is 0.0435. The highest BCUT2D eigenvalue weighted by molar-refractivity contribution is 5.76. The van der Waals surface area contributed by atoms with E-state index in [1.54, 1.807) is 0 Å². The minimum Gasteiger partial charge on any atom is -0.463 e. The molecule has 0 aromatic carbocycles. The van der Waals surface area contributed by atoms with Gasteiger partial charge in [0.25, 0.3) is 0 Å². The van der Waals surface area contributed by atoms with Crippen LogP contribution < -0.4 is 5.32 Å². The molecule has 3 saturated carbocycles. The number of hydrogen-bond donors (Lipinski definition) is 3. The molecular weight excluding hydrogens is 530 g/mol. The molecule has 3 N–H and O–H groups in total. The van der Waals surface area contributed by atoms with Gasteiger partial charge in [0.15, 0.2) is 0 Å². The summed E-state index contributed by atoms with van der Waals surface area (Å²) in [6.45, 7) is 12.9. The van der Waals surface area contributed by atoms with Crippen LogP contribution in [-0.4, -0.2) is 54.7 Å². The highest BCUT2D eigenvalue weighted by Crippen LogP contribution is 2.67. The lowest BCUT2D eigenvalue weighted by molar-refractivity contribution is -0.159. The Morgan fingerprint density at radius 2 is 1.79 bits per heavy atom. The molecule has 0 bridgehead atoms. The van der Waals surface area contributed by atoms with Crippen LogP contribution in [0.1, 0.15) is 112 Å². The lowest BCUT2D eigenvalue weighted by atomic mass is 9.47. The average Bonchev–Trinajstić information content (AvgIpc) is 3.32. The Balaban J connectivity index is 1.28. The van der Waals surface area contributed by atoms with Gasteiger partial charge in [-0.1, -0.05) is 65.5 Å². The number of nitrogens with one attached hydrogen (secondary N) is 1. The SMILES string of the molecule is CC(C)CCCC(C)C1CCC2C3CC=C4CC(OC(=O)NCCOC(=O)C(C)(CO)CO)CCC4(C)C3CCC12C. The second-order valence-corrected chi connectivity index (χ2v) is 15.5. The molecular formula is C35H59NO6. The fourth-order valence-corrected chi connectivity index (χ4v) is 9.60. The molecule has 0 heterocycles. The number of esters is 1. The van der Waals surface area contributed by atoms with Gasteiger partial charge in [0.2, 0.25) is 0 Å². The van der Waals surface area contributed by atoms with Crippen LogP contribution in [0.5, 0.6) is 0 Å². The number of carbonyl (C=O) groups is 2. The Morgan fingerprint density at radius 1 is 1.05 bits per heavy atom. The average molecular weight is 590 g/mol. The van der Waals surface area contributed by atoms with Crippen LogP contribution in [0.15, 0.2) is 11.6 Å². The zero-order valence-corrected chi connectivity index (χ0v) is 27.3. The van der Waals surface area contributed by atoms with Gasteiger partial charge in [-0.25, -0.2) is 4.79 Å². The van der Waals surface area contributed by atoms with Crippen LogP contribution in [0.3, 0.4) is 0 Å². The van der Waals surface area contributed by atoms with Gasteiger partial charge in [0.1, 0.15) is 18.1 Å². The number of carbonyl (C=O) groups excluding carboxylic acids is 2. The van der Waals surface area contributed by atoms with Crippen molar-refractivity contribution in [2.24, 2.45) is 51.8 Å². The molecule has 0 spiro atoms. The molecule has 4 aliphatic carbocycles. The van der Waals surface area contributed by atoms with E-state index in [0.29, 0.717) is 5.41 Å². The summed E-state index contributed by atoms with van der Waals surface area (Å²) < 4.78 is 10.9. The maximum absolute atomic E-state index is 12.5. The number of hydrogen-bond acceptors (Lipinski definition) is 6. The van der Waals surface area contributed by atoms with E-state index in [1.807, 2.05) is 0 Å². The number of amides is 1. The molecule has 4 aliphatic rings. The van der Waals surface area contributed by atoms with Crippen LogP contribution in [0.2, 0.25) is 0 Å². The van der Waals surface area contributed by atoms with Gasteiger partial charge in [0.05, 0.1) is 19.8 Å². The van der Waals surface area contributed by atoms with Crippen LogP contribution in [0.25, 0.3) is 0 Å². The summed E-state index contributed by atoms with van der Waals surface area (Å²) in [5.74, 6) is 4.17. The van der Waals surface area contributed by atoms with Crippen molar-refractivity contribution in [2.45, 2.75) is 118 Å². The fraction of sp³-hybridized carbons (Fsp3) is 0.886. The third kappa shape index (κ3) is 6.72. The molecule has 0 aliphatic heterocycles. The molecule has 42 heavy (non-hydrogen) atoms. The summed E-state index contributed by atoms with van der Waals surface area (Å²) in [7, 11) is 0. The predicted octanol–water partition coefficient (Wildman–Crippen LogP) is 6.66. The maximum Gasteiger partial charge on any atom is 0.407 e. The van der Waals surface area contributed by atoms with Gasteiger partial charge in [0, 0.05) is 6.42 Å². The van der Waals surface area contributed by atoms with E-state index in [2.05, 4.69) is 46.0 Å². The van der Waals surface area contributed by atoms with Gasteiger partial charge >= 0.3 is 12.1 Å². The van der Waals surface area contributed by atoms with E-state index in [9.17, 15) is 19.8 Å². The number of aliphatic hydroxyl groups is 2. The van der Waals surface area contributed by atoms with Crippen molar-refractivity contribution in [3.63, 3.8) is 0 Å². The summed E-state index contributed by atoms with van der Waals surface area (Å²) in [6, 6.07) is 0. The molecule has 8 atom stereocenters. The molecule has 240 valence electrons. The van der Waals surface area contributed by atoms with Gasteiger partial charge in [-0.05, 0) is 98.2 Å². The summed E-state index contributed by atoms with van der Waals surface area (Å²) in [6.07, 6.45) is 15.4. The van der Waals surface area contributed by atoms with Gasteiger partial charge in [-0.15, -0.1) is 0 Å². The van der Waals surface area contributed by atoms with E-state index < -0.39 is 30.7 Å². The molecule has 0 aromatic rings. The molecule has 7 heteroatoms. The zero-order valence-electron chi connectivity index (χ0n) is 27.3. The molecule has 0 saturated heterocycles. The van der Waals surface area contributed by atoms with Crippen molar-refractivity contribution in [1.82, 2.24) is 5.32 Å². The number of rotatable bonds is 12. The molecule has 4 rings (SSSR count). The van der Waals surface area contributed by atoms with Crippen molar-refractivity contribution in [1.29, 1.82) is 0 Å². The Morgan fingerprint density at radius 3 is 2.48 bits per heavy atom. The van der Waals surface area contributed by atoms with Crippen LogP contribution >= 0.6 is 0 Å². The third-order valence-corrected chi connectivity index (χ3v) is 12.3. The monoisotopic (exact) mass is 589 g/mol. The van der Waals surface area contributed by atoms with Crippen molar-refractivity contribution in [2.75, 3.05) is 26.4 Å². The van der Waals surface area contributed by atoms with Crippen LogP contribution in [0.4, 0.5) is 4.79 Å². The minimum atomic E-state index is -1.34. The van der Waals surface area contributed by atoms with Crippen LogP contribution in [0, 0.1) is 51.8 Å². The Labute approximate surface area is 254 Å². The normalized spacial score (nSPS) is 35.0. The van der Waals surface area contributed by atoms with Gasteiger partial charge < -0.3 is 25.0 Å². The smallest absolute Gasteiger partial charge is 0.407 e. The standard InChI is InChI=1S/C35H59NO6/c1-23(2)8-7-9-24(3)28-12-13-29-27-11-10-25-20-26(14-16-34(25,5)30(27)15-17-35(28,29)6)42-32(40)36-18-19-41-31(39)33(4,21-37)22-38/h10,23-24,26-30,37-38H,7-9,11-22H2,1-6H3,(H,36,40). The molecule has 1 amide bonds. The number of aliphatic hydroxyl groups excluding tert-OH is 2. The molecule has 3 fully saturated rings. The zero-order chi connectivity index (χ0) is 30.7. The lowest BCUT2D eigenvalue weighted by Gasteiger charge is -2.58. The van der Waals surface area contributed by atoms with Gasteiger partial charge in [-0.2, -0.15) is 0 Å². The Bertz CT molecular complexity index is 975. The highest BCUT2D eigenvalue weighted by Gasteiger charge is 2.59. The second kappa shape index (κ2) is 13.6. The van der Waals surface area contributed by atoms with E-state index in [4.69, 9.17) is 9.47 Å². The summed E-state index contributed by atoms with van der Waals surface area (Å²) >= 11 is 0. The first kappa shape index (κ1) is 33.3. The number of allylic oxidation sites excluding steroid dienone is 1. The topological polar surface area (TPSA) is 105 Å². The van der Waals surface area contributed by atoms with E-state index in [0.717, 1.165) is 54.8 Å². The first-order valence-electron chi connectivity index (χ1n) is 16.9. The lowest BCUT2D eigenvalue weighted by Crippen LogP contribution is -2.51. The largest absolute Gasteiger partial charge is 0.463 e. The fourth-order valence-electron chi connectivity index (χ4n) is 9.60.